The molecular weight excluding hydrogens is 338 g/mol. The molecule has 0 bridgehead atoms. The maximum Gasteiger partial charge on any atom is 0.417 e. The van der Waals surface area contributed by atoms with Gasteiger partial charge >= 0.3 is 6.18 Å². The number of benzene rings is 1. The van der Waals surface area contributed by atoms with Crippen molar-refractivity contribution in [2.75, 3.05) is 18.0 Å². The molecule has 0 radical (unpaired) electrons. The predicted octanol–water partition coefficient (Wildman–Crippen LogP) is 3.77. The molecule has 4 nitrogen and oxygen atoms in total. The lowest BCUT2D eigenvalue weighted by molar-refractivity contribution is -0.137. The molecule has 1 aliphatic heterocycles. The first kappa shape index (κ1) is 17.0. The minimum Gasteiger partial charge on any atom is -0.472 e. The smallest absolute Gasteiger partial charge is 0.417 e. The first-order chi connectivity index (χ1) is 11.9. The van der Waals surface area contributed by atoms with E-state index in [2.05, 4.69) is 4.98 Å². The molecule has 3 rings (SSSR count). The molecule has 1 aromatic heterocycles. The van der Waals surface area contributed by atoms with E-state index in [1.54, 1.807) is 0 Å². The van der Waals surface area contributed by atoms with Crippen LogP contribution in [0.15, 0.2) is 36.5 Å². The van der Waals surface area contributed by atoms with Gasteiger partial charge in [-0.3, -0.25) is 0 Å². The number of aromatic nitrogens is 1. The normalized spacial score (nSPS) is 17.4. The van der Waals surface area contributed by atoms with Crippen LogP contribution in [0.3, 0.4) is 0 Å². The number of hydrogen-bond donors (Lipinski definition) is 0. The zero-order chi connectivity index (χ0) is 18.0. The monoisotopic (exact) mass is 351 g/mol. The van der Waals surface area contributed by atoms with E-state index >= 15 is 0 Å². The van der Waals surface area contributed by atoms with Gasteiger partial charge in [-0.25, -0.2) is 9.37 Å². The molecule has 130 valence electrons. The van der Waals surface area contributed by atoms with Crippen LogP contribution in [0, 0.1) is 17.1 Å². The Hall–Kier alpha value is -2.82. The van der Waals surface area contributed by atoms with E-state index in [-0.39, 0.29) is 17.5 Å². The van der Waals surface area contributed by atoms with E-state index in [9.17, 15) is 17.6 Å². The third-order valence-corrected chi connectivity index (χ3v) is 3.92. The molecule has 1 aliphatic rings. The van der Waals surface area contributed by atoms with E-state index in [1.807, 2.05) is 11.0 Å². The number of ether oxygens (including phenoxy) is 1. The maximum atomic E-state index is 13.2. The second-order valence-electron chi connectivity index (χ2n) is 5.63. The molecule has 1 fully saturated rings. The van der Waals surface area contributed by atoms with Crippen LogP contribution in [0.5, 0.6) is 5.88 Å². The van der Waals surface area contributed by atoms with Crippen molar-refractivity contribution in [3.05, 3.63) is 53.5 Å². The van der Waals surface area contributed by atoms with Crippen molar-refractivity contribution >= 4 is 5.69 Å². The first-order valence-electron chi connectivity index (χ1n) is 7.51. The molecule has 0 amide bonds. The molecular formula is C17H13F4N3O. The number of anilines is 1. The van der Waals surface area contributed by atoms with Crippen molar-refractivity contribution in [2.24, 2.45) is 0 Å². The molecule has 8 heteroatoms. The highest BCUT2D eigenvalue weighted by molar-refractivity contribution is 5.60. The van der Waals surface area contributed by atoms with E-state index in [4.69, 9.17) is 10.00 Å². The van der Waals surface area contributed by atoms with E-state index in [0.29, 0.717) is 25.2 Å². The minimum atomic E-state index is -4.44. The lowest BCUT2D eigenvalue weighted by Gasteiger charge is -2.20. The lowest BCUT2D eigenvalue weighted by Crippen LogP contribution is -2.25. The molecule has 1 aromatic carbocycles. The Balaban J connectivity index is 1.67. The zero-order valence-electron chi connectivity index (χ0n) is 12.9. The van der Waals surface area contributed by atoms with Gasteiger partial charge in [-0.1, -0.05) is 0 Å². The van der Waals surface area contributed by atoms with Gasteiger partial charge in [-0.2, -0.15) is 18.4 Å². The fraction of sp³-hybridized carbons (Fsp3) is 0.294. The summed E-state index contributed by atoms with van der Waals surface area (Å²) in [5.41, 5.74) is 0.00144. The predicted molar refractivity (Wildman–Crippen MR) is 81.6 cm³/mol. The summed E-state index contributed by atoms with van der Waals surface area (Å²) in [7, 11) is 0. The van der Waals surface area contributed by atoms with Crippen molar-refractivity contribution in [3.63, 3.8) is 0 Å². The molecule has 1 atom stereocenters. The quantitative estimate of drug-likeness (QED) is 0.790. The molecule has 0 saturated carbocycles. The number of hydrogen-bond acceptors (Lipinski definition) is 4. The van der Waals surface area contributed by atoms with Crippen LogP contribution in [0.1, 0.15) is 17.5 Å². The van der Waals surface area contributed by atoms with E-state index < -0.39 is 17.6 Å². The molecule has 1 saturated heterocycles. The molecule has 0 spiro atoms. The van der Waals surface area contributed by atoms with Gasteiger partial charge in [0.1, 0.15) is 18.0 Å². The molecule has 25 heavy (non-hydrogen) atoms. The number of nitrogens with zero attached hydrogens (tertiary/aromatic N) is 3. The molecule has 2 aromatic rings. The highest BCUT2D eigenvalue weighted by Crippen LogP contribution is 2.30. The number of alkyl halides is 3. The van der Waals surface area contributed by atoms with Gasteiger partial charge < -0.3 is 9.64 Å². The lowest BCUT2D eigenvalue weighted by atomic mass is 10.2. The Bertz CT molecular complexity index is 799. The number of halogens is 4. The summed E-state index contributed by atoms with van der Waals surface area (Å²) in [5.74, 6) is -0.374. The fourth-order valence-corrected chi connectivity index (χ4v) is 2.71. The molecule has 0 aliphatic carbocycles. The van der Waals surface area contributed by atoms with Gasteiger partial charge in [0.25, 0.3) is 0 Å². The average Bonchev–Trinajstić information content (AvgIpc) is 3.02. The number of pyridine rings is 1. The zero-order valence-corrected chi connectivity index (χ0v) is 12.9. The maximum absolute atomic E-state index is 13.2. The molecule has 0 unspecified atom stereocenters. The fourth-order valence-electron chi connectivity index (χ4n) is 2.71. The summed E-state index contributed by atoms with van der Waals surface area (Å²) in [5, 5.41) is 9.12. The van der Waals surface area contributed by atoms with Crippen molar-refractivity contribution in [3.8, 4) is 11.9 Å². The van der Waals surface area contributed by atoms with Crippen molar-refractivity contribution in [2.45, 2.75) is 18.7 Å². The van der Waals surface area contributed by atoms with Gasteiger partial charge in [0.2, 0.25) is 5.88 Å². The topological polar surface area (TPSA) is 49.2 Å². The number of nitriles is 1. The van der Waals surface area contributed by atoms with Gasteiger partial charge in [0.15, 0.2) is 0 Å². The van der Waals surface area contributed by atoms with Crippen molar-refractivity contribution < 1.29 is 22.3 Å². The van der Waals surface area contributed by atoms with Crippen LogP contribution in [-0.2, 0) is 6.18 Å². The summed E-state index contributed by atoms with van der Waals surface area (Å²) in [6.45, 7) is 1.02. The van der Waals surface area contributed by atoms with Gasteiger partial charge in [-0.05, 0) is 24.3 Å². The average molecular weight is 351 g/mol. The highest BCUT2D eigenvalue weighted by Gasteiger charge is 2.31. The summed E-state index contributed by atoms with van der Waals surface area (Å²) >= 11 is 0. The van der Waals surface area contributed by atoms with Gasteiger partial charge in [-0.15, -0.1) is 0 Å². The Morgan fingerprint density at radius 1 is 1.24 bits per heavy atom. The Morgan fingerprint density at radius 3 is 2.68 bits per heavy atom. The van der Waals surface area contributed by atoms with E-state index in [1.165, 1.54) is 24.3 Å². The second kappa shape index (κ2) is 6.59. The summed E-state index contributed by atoms with van der Waals surface area (Å²) < 4.78 is 56.4. The molecule has 0 N–H and O–H groups in total. The Labute approximate surface area is 141 Å². The Kier molecular flexibility index (Phi) is 4.49. The van der Waals surface area contributed by atoms with Crippen LogP contribution < -0.4 is 9.64 Å². The number of rotatable bonds is 3. The standard InChI is InChI=1S/C17H13F4N3O/c18-13-2-3-15(11(7-13)8-22)24-6-5-14(10-24)25-16-4-1-12(9-23-16)17(19,20)21/h1-4,7,9,14H,5-6,10H2/t14-/m1/s1. The summed E-state index contributed by atoms with van der Waals surface area (Å²) in [4.78, 5) is 5.57. The van der Waals surface area contributed by atoms with Crippen LogP contribution in [-0.4, -0.2) is 24.2 Å². The summed E-state index contributed by atoms with van der Waals surface area (Å²) in [6, 6.07) is 8.04. The minimum absolute atomic E-state index is 0.111. The van der Waals surface area contributed by atoms with Gasteiger partial charge in [0.05, 0.1) is 23.4 Å². The Morgan fingerprint density at radius 2 is 2.04 bits per heavy atom. The van der Waals surface area contributed by atoms with Crippen LogP contribution in [0.2, 0.25) is 0 Å². The first-order valence-corrected chi connectivity index (χ1v) is 7.51. The van der Waals surface area contributed by atoms with E-state index in [0.717, 1.165) is 12.3 Å². The van der Waals surface area contributed by atoms with Crippen LogP contribution >= 0.6 is 0 Å². The summed E-state index contributed by atoms with van der Waals surface area (Å²) in [6.07, 6.45) is -3.37. The molecule has 2 heterocycles. The van der Waals surface area contributed by atoms with Crippen LogP contribution in [0.25, 0.3) is 0 Å². The largest absolute Gasteiger partial charge is 0.472 e. The third-order valence-electron chi connectivity index (χ3n) is 3.92. The van der Waals surface area contributed by atoms with Crippen LogP contribution in [0.4, 0.5) is 23.2 Å². The third kappa shape index (κ3) is 3.82. The SMILES string of the molecule is N#Cc1cc(F)ccc1N1CC[C@@H](Oc2ccc(C(F)(F)F)cn2)C1. The van der Waals surface area contributed by atoms with Crippen molar-refractivity contribution in [1.82, 2.24) is 4.98 Å². The second-order valence-corrected chi connectivity index (χ2v) is 5.63. The van der Waals surface area contributed by atoms with Gasteiger partial charge in [0, 0.05) is 25.2 Å². The van der Waals surface area contributed by atoms with Crippen molar-refractivity contribution in [1.29, 1.82) is 5.26 Å². The highest BCUT2D eigenvalue weighted by atomic mass is 19.4.